The number of anilines is 1. The summed E-state index contributed by atoms with van der Waals surface area (Å²) in [5.41, 5.74) is 6.60. The van der Waals surface area contributed by atoms with E-state index in [4.69, 9.17) is 4.74 Å². The third kappa shape index (κ3) is 3.47. The molecule has 2 aliphatic rings. The van der Waals surface area contributed by atoms with Crippen LogP contribution in [0.1, 0.15) is 27.8 Å². The fourth-order valence-electron chi connectivity index (χ4n) is 4.25. The molecule has 2 aromatic rings. The molecule has 2 aromatic carbocycles. The summed E-state index contributed by atoms with van der Waals surface area (Å²) >= 11 is 0. The fraction of sp³-hybridized carbons (Fsp3) is 0.333. The van der Waals surface area contributed by atoms with Crippen molar-refractivity contribution in [3.05, 3.63) is 69.9 Å². The van der Waals surface area contributed by atoms with Gasteiger partial charge in [0.1, 0.15) is 5.70 Å². The summed E-state index contributed by atoms with van der Waals surface area (Å²) < 4.78 is 5.47. The van der Waals surface area contributed by atoms with E-state index >= 15 is 0 Å². The molecule has 5 nitrogen and oxygen atoms in total. The minimum atomic E-state index is -0.256. The summed E-state index contributed by atoms with van der Waals surface area (Å²) in [5, 5.41) is 0. The van der Waals surface area contributed by atoms with Crippen molar-refractivity contribution in [1.29, 1.82) is 0 Å². The number of carbonyl (C=O) groups excluding carboxylic acids is 2. The largest absolute Gasteiger partial charge is 0.378 e. The molecule has 0 spiro atoms. The third-order valence-corrected chi connectivity index (χ3v) is 5.50. The molecule has 2 amide bonds. The van der Waals surface area contributed by atoms with Gasteiger partial charge in [-0.2, -0.15) is 0 Å². The van der Waals surface area contributed by atoms with Crippen LogP contribution >= 0.6 is 0 Å². The highest BCUT2D eigenvalue weighted by Gasteiger charge is 2.43. The topological polar surface area (TPSA) is 49.9 Å². The molecule has 150 valence electrons. The maximum Gasteiger partial charge on any atom is 0.282 e. The van der Waals surface area contributed by atoms with Crippen LogP contribution < -0.4 is 4.90 Å². The number of carbonyl (C=O) groups is 2. The van der Waals surface area contributed by atoms with Crippen LogP contribution in [0, 0.1) is 27.7 Å². The smallest absolute Gasteiger partial charge is 0.282 e. The molecule has 5 heteroatoms. The summed E-state index contributed by atoms with van der Waals surface area (Å²) in [6.07, 6.45) is 0. The standard InChI is InChI=1S/C24H26N2O3/c1-15-5-6-20(18(4)12-15)21-22(25-7-9-29-10-8-25)24(28)26(23(21)27)19-13-16(2)11-17(3)14-19/h5-6,11-14H,7-10H2,1-4H3. The van der Waals surface area contributed by atoms with Gasteiger partial charge in [0, 0.05) is 13.1 Å². The molecule has 0 bridgehead atoms. The molecule has 1 saturated heterocycles. The van der Waals surface area contributed by atoms with E-state index in [9.17, 15) is 9.59 Å². The molecule has 2 aliphatic heterocycles. The number of nitrogens with zero attached hydrogens (tertiary/aromatic N) is 2. The molecular weight excluding hydrogens is 364 g/mol. The van der Waals surface area contributed by atoms with E-state index in [0.717, 1.165) is 27.8 Å². The predicted molar refractivity (Wildman–Crippen MR) is 114 cm³/mol. The van der Waals surface area contributed by atoms with Crippen molar-refractivity contribution in [3.63, 3.8) is 0 Å². The van der Waals surface area contributed by atoms with Crippen LogP contribution in [0.25, 0.3) is 5.57 Å². The Bertz CT molecular complexity index is 1010. The lowest BCUT2D eigenvalue weighted by atomic mass is 9.97. The van der Waals surface area contributed by atoms with Gasteiger partial charge < -0.3 is 9.64 Å². The van der Waals surface area contributed by atoms with Crippen molar-refractivity contribution >= 4 is 23.1 Å². The van der Waals surface area contributed by atoms with Crippen molar-refractivity contribution in [2.45, 2.75) is 27.7 Å². The van der Waals surface area contributed by atoms with Gasteiger partial charge in [-0.05, 0) is 62.1 Å². The molecule has 0 N–H and O–H groups in total. The van der Waals surface area contributed by atoms with Gasteiger partial charge in [0.2, 0.25) is 0 Å². The second kappa shape index (κ2) is 7.48. The number of rotatable bonds is 3. The molecule has 0 radical (unpaired) electrons. The molecule has 29 heavy (non-hydrogen) atoms. The first-order valence-electron chi connectivity index (χ1n) is 9.98. The number of benzene rings is 2. The molecule has 0 unspecified atom stereocenters. The highest BCUT2D eigenvalue weighted by molar-refractivity contribution is 6.45. The van der Waals surface area contributed by atoms with E-state index in [0.29, 0.717) is 43.3 Å². The Morgan fingerprint density at radius 3 is 2.07 bits per heavy atom. The molecule has 0 aromatic heterocycles. The Morgan fingerprint density at radius 2 is 1.45 bits per heavy atom. The monoisotopic (exact) mass is 390 g/mol. The molecular formula is C24H26N2O3. The van der Waals surface area contributed by atoms with Crippen molar-refractivity contribution in [2.75, 3.05) is 31.2 Å². The van der Waals surface area contributed by atoms with E-state index in [1.807, 2.05) is 62.9 Å². The molecule has 0 saturated carbocycles. The number of ether oxygens (including phenoxy) is 1. The second-order valence-electron chi connectivity index (χ2n) is 7.93. The Balaban J connectivity index is 1.88. The number of morpholine rings is 1. The third-order valence-electron chi connectivity index (χ3n) is 5.50. The zero-order chi connectivity index (χ0) is 20.7. The predicted octanol–water partition coefficient (Wildman–Crippen LogP) is 3.54. The maximum atomic E-state index is 13.6. The average Bonchev–Trinajstić information content (AvgIpc) is 2.92. The van der Waals surface area contributed by atoms with Crippen LogP contribution in [0.5, 0.6) is 0 Å². The van der Waals surface area contributed by atoms with Crippen LogP contribution in [0.4, 0.5) is 5.69 Å². The Kier molecular flexibility index (Phi) is 5.01. The highest BCUT2D eigenvalue weighted by Crippen LogP contribution is 2.37. The lowest BCUT2D eigenvalue weighted by Crippen LogP contribution is -2.40. The van der Waals surface area contributed by atoms with Crippen LogP contribution in [-0.4, -0.2) is 43.0 Å². The maximum absolute atomic E-state index is 13.6. The summed E-state index contributed by atoms with van der Waals surface area (Å²) in [5.74, 6) is -0.509. The van der Waals surface area contributed by atoms with E-state index in [1.54, 1.807) is 0 Å². The summed E-state index contributed by atoms with van der Waals surface area (Å²) in [7, 11) is 0. The second-order valence-corrected chi connectivity index (χ2v) is 7.93. The van der Waals surface area contributed by atoms with Gasteiger partial charge in [0.15, 0.2) is 0 Å². The van der Waals surface area contributed by atoms with Gasteiger partial charge in [-0.25, -0.2) is 4.90 Å². The molecule has 1 fully saturated rings. The van der Waals surface area contributed by atoms with E-state index in [2.05, 4.69) is 6.07 Å². The van der Waals surface area contributed by atoms with Crippen molar-refractivity contribution in [1.82, 2.24) is 4.90 Å². The number of aryl methyl sites for hydroxylation is 4. The van der Waals surface area contributed by atoms with Gasteiger partial charge in [0.05, 0.1) is 24.5 Å². The summed E-state index contributed by atoms with van der Waals surface area (Å²) in [6, 6.07) is 11.8. The zero-order valence-electron chi connectivity index (χ0n) is 17.4. The minimum Gasteiger partial charge on any atom is -0.378 e. The summed E-state index contributed by atoms with van der Waals surface area (Å²) in [4.78, 5) is 30.5. The normalized spacial score (nSPS) is 17.5. The number of imide groups is 1. The van der Waals surface area contributed by atoms with Crippen LogP contribution in [0.3, 0.4) is 0 Å². The van der Waals surface area contributed by atoms with Crippen molar-refractivity contribution < 1.29 is 14.3 Å². The van der Waals surface area contributed by atoms with Gasteiger partial charge in [-0.15, -0.1) is 0 Å². The fourth-order valence-corrected chi connectivity index (χ4v) is 4.25. The summed E-state index contributed by atoms with van der Waals surface area (Å²) in [6.45, 7) is 10.3. The van der Waals surface area contributed by atoms with E-state index < -0.39 is 0 Å². The lowest BCUT2D eigenvalue weighted by molar-refractivity contribution is -0.121. The van der Waals surface area contributed by atoms with Gasteiger partial charge >= 0.3 is 0 Å². The average molecular weight is 390 g/mol. The minimum absolute atomic E-state index is 0.253. The molecule has 0 aliphatic carbocycles. The van der Waals surface area contributed by atoms with Gasteiger partial charge in [0.25, 0.3) is 11.8 Å². The Hall–Kier alpha value is -2.92. The van der Waals surface area contributed by atoms with Crippen molar-refractivity contribution in [3.8, 4) is 0 Å². The highest BCUT2D eigenvalue weighted by atomic mass is 16.5. The molecule has 4 rings (SSSR count). The number of hydrogen-bond acceptors (Lipinski definition) is 4. The number of amides is 2. The van der Waals surface area contributed by atoms with Gasteiger partial charge in [-0.3, -0.25) is 9.59 Å². The lowest BCUT2D eigenvalue weighted by Gasteiger charge is -2.29. The number of hydrogen-bond donors (Lipinski definition) is 0. The molecule has 0 atom stereocenters. The first kappa shape index (κ1) is 19.4. The van der Waals surface area contributed by atoms with Crippen LogP contribution in [0.15, 0.2) is 42.1 Å². The first-order valence-corrected chi connectivity index (χ1v) is 9.98. The molecule has 2 heterocycles. The quantitative estimate of drug-likeness (QED) is 0.753. The first-order chi connectivity index (χ1) is 13.9. The van der Waals surface area contributed by atoms with E-state index in [1.165, 1.54) is 4.90 Å². The van der Waals surface area contributed by atoms with E-state index in [-0.39, 0.29) is 11.8 Å². The SMILES string of the molecule is Cc1cc(C)cc(N2C(=O)C(c3ccc(C)cc3C)=C(N3CCOCC3)C2=O)c1. The zero-order valence-corrected chi connectivity index (χ0v) is 17.4. The van der Waals surface area contributed by atoms with Crippen molar-refractivity contribution in [2.24, 2.45) is 0 Å². The Morgan fingerprint density at radius 1 is 0.793 bits per heavy atom. The Labute approximate surface area is 171 Å². The van der Waals surface area contributed by atoms with Crippen LogP contribution in [-0.2, 0) is 14.3 Å². The van der Waals surface area contributed by atoms with Gasteiger partial charge in [-0.1, -0.05) is 29.8 Å². The van der Waals surface area contributed by atoms with Crippen LogP contribution in [0.2, 0.25) is 0 Å².